The minimum Gasteiger partial charge on any atom is -0.365 e. The fraction of sp³-hybridized carbons (Fsp3) is 0.214. The summed E-state index contributed by atoms with van der Waals surface area (Å²) in [5.74, 6) is -0.0700. The van der Waals surface area contributed by atoms with Gasteiger partial charge in [-0.05, 0) is 29.8 Å². The Morgan fingerprint density at radius 2 is 2.11 bits per heavy atom. The number of halogens is 2. The Labute approximate surface area is 121 Å². The molecule has 0 fully saturated rings. The predicted molar refractivity (Wildman–Crippen MR) is 75.7 cm³/mol. The van der Waals surface area contributed by atoms with Gasteiger partial charge in [0.1, 0.15) is 0 Å². The fourth-order valence-corrected chi connectivity index (χ4v) is 2.72. The van der Waals surface area contributed by atoms with Crippen molar-refractivity contribution in [2.24, 2.45) is 0 Å². The largest absolute Gasteiger partial charge is 0.365 e. The van der Waals surface area contributed by atoms with Crippen LogP contribution in [0.2, 0.25) is 10.0 Å². The van der Waals surface area contributed by atoms with E-state index in [2.05, 4.69) is 4.98 Å². The number of carbonyl (C=O) groups excluding carboxylic acids is 1. The summed E-state index contributed by atoms with van der Waals surface area (Å²) in [4.78, 5) is 17.5. The molecule has 1 aliphatic rings. The summed E-state index contributed by atoms with van der Waals surface area (Å²) in [6, 6.07) is 6.97. The Bertz CT molecular complexity index is 636. The molecule has 1 amide bonds. The lowest BCUT2D eigenvalue weighted by Gasteiger charge is -2.27. The average molecular weight is 295 g/mol. The van der Waals surface area contributed by atoms with Crippen LogP contribution in [-0.4, -0.2) is 22.3 Å². The van der Waals surface area contributed by atoms with Gasteiger partial charge in [-0.2, -0.15) is 0 Å². The highest BCUT2D eigenvalue weighted by molar-refractivity contribution is 6.35. The van der Waals surface area contributed by atoms with E-state index in [1.807, 2.05) is 12.3 Å². The van der Waals surface area contributed by atoms with Crippen LogP contribution in [0.15, 0.2) is 30.5 Å². The number of aromatic amines is 1. The topological polar surface area (TPSA) is 36.1 Å². The molecule has 1 N–H and O–H groups in total. The van der Waals surface area contributed by atoms with Crippen LogP contribution in [0.3, 0.4) is 0 Å². The molecule has 3 nitrogen and oxygen atoms in total. The smallest absolute Gasteiger partial charge is 0.255 e. The highest BCUT2D eigenvalue weighted by Crippen LogP contribution is 2.25. The first-order chi connectivity index (χ1) is 9.15. The summed E-state index contributed by atoms with van der Waals surface area (Å²) >= 11 is 12.0. The lowest BCUT2D eigenvalue weighted by Crippen LogP contribution is -2.35. The molecule has 5 heteroatoms. The van der Waals surface area contributed by atoms with Crippen molar-refractivity contribution in [3.8, 4) is 0 Å². The molecular weight excluding hydrogens is 283 g/mol. The van der Waals surface area contributed by atoms with Gasteiger partial charge < -0.3 is 9.88 Å². The second-order valence-corrected chi connectivity index (χ2v) is 5.43. The standard InChI is InChI=1S/C14H12Cl2N2O/c15-10-1-2-12(16)11(7-10)14(19)18-6-4-13-9(8-18)3-5-17-13/h1-3,5,7,17H,4,6,8H2. The molecule has 19 heavy (non-hydrogen) atoms. The Balaban J connectivity index is 1.87. The van der Waals surface area contributed by atoms with E-state index < -0.39 is 0 Å². The van der Waals surface area contributed by atoms with Crippen LogP contribution in [0.25, 0.3) is 0 Å². The van der Waals surface area contributed by atoms with E-state index in [0.717, 1.165) is 12.0 Å². The molecule has 98 valence electrons. The summed E-state index contributed by atoms with van der Waals surface area (Å²) in [7, 11) is 0. The number of benzene rings is 1. The van der Waals surface area contributed by atoms with Crippen molar-refractivity contribution in [3.63, 3.8) is 0 Å². The van der Waals surface area contributed by atoms with Crippen molar-refractivity contribution in [2.45, 2.75) is 13.0 Å². The van der Waals surface area contributed by atoms with Crippen molar-refractivity contribution in [1.82, 2.24) is 9.88 Å². The SMILES string of the molecule is O=C(c1cc(Cl)ccc1Cl)N1CCc2[nH]ccc2C1. The van der Waals surface area contributed by atoms with Gasteiger partial charge in [-0.25, -0.2) is 0 Å². The zero-order valence-corrected chi connectivity index (χ0v) is 11.6. The quantitative estimate of drug-likeness (QED) is 0.858. The van der Waals surface area contributed by atoms with E-state index in [1.165, 1.54) is 5.69 Å². The number of hydrogen-bond acceptors (Lipinski definition) is 1. The Morgan fingerprint density at radius 1 is 1.26 bits per heavy atom. The molecule has 1 aromatic heterocycles. The zero-order chi connectivity index (χ0) is 13.4. The molecule has 2 aromatic rings. The third kappa shape index (κ3) is 2.36. The van der Waals surface area contributed by atoms with Gasteiger partial charge in [0.2, 0.25) is 0 Å². The van der Waals surface area contributed by atoms with Gasteiger partial charge >= 0.3 is 0 Å². The number of carbonyl (C=O) groups is 1. The van der Waals surface area contributed by atoms with E-state index in [0.29, 0.717) is 28.7 Å². The molecule has 2 heterocycles. The maximum absolute atomic E-state index is 12.5. The second-order valence-electron chi connectivity index (χ2n) is 4.58. The van der Waals surface area contributed by atoms with Crippen LogP contribution in [0, 0.1) is 0 Å². The Kier molecular flexibility index (Phi) is 3.25. The van der Waals surface area contributed by atoms with Crippen molar-refractivity contribution >= 4 is 29.1 Å². The van der Waals surface area contributed by atoms with Crippen LogP contribution in [-0.2, 0) is 13.0 Å². The van der Waals surface area contributed by atoms with Gasteiger partial charge in [-0.15, -0.1) is 0 Å². The number of hydrogen-bond donors (Lipinski definition) is 1. The minimum absolute atomic E-state index is 0.0700. The average Bonchev–Trinajstić information content (AvgIpc) is 2.88. The van der Waals surface area contributed by atoms with Crippen molar-refractivity contribution in [1.29, 1.82) is 0 Å². The summed E-state index contributed by atoms with van der Waals surface area (Å²) in [5.41, 5.74) is 2.84. The van der Waals surface area contributed by atoms with Gasteiger partial charge in [0, 0.05) is 36.4 Å². The van der Waals surface area contributed by atoms with Gasteiger partial charge in [-0.1, -0.05) is 23.2 Å². The van der Waals surface area contributed by atoms with E-state index >= 15 is 0 Å². The predicted octanol–water partition coefficient (Wildman–Crippen LogP) is 3.52. The molecule has 0 unspecified atom stereocenters. The first-order valence-corrected chi connectivity index (χ1v) is 6.80. The minimum atomic E-state index is -0.0700. The van der Waals surface area contributed by atoms with E-state index in [9.17, 15) is 4.79 Å². The van der Waals surface area contributed by atoms with Crippen molar-refractivity contribution < 1.29 is 4.79 Å². The number of rotatable bonds is 1. The molecular formula is C14H12Cl2N2O. The molecule has 0 saturated carbocycles. The molecule has 0 saturated heterocycles. The van der Waals surface area contributed by atoms with Gasteiger partial charge in [0.15, 0.2) is 0 Å². The number of aromatic nitrogens is 1. The van der Waals surface area contributed by atoms with Crippen molar-refractivity contribution in [2.75, 3.05) is 6.54 Å². The summed E-state index contributed by atoms with van der Waals surface area (Å²) < 4.78 is 0. The fourth-order valence-electron chi connectivity index (χ4n) is 2.35. The molecule has 0 spiro atoms. The maximum Gasteiger partial charge on any atom is 0.255 e. The van der Waals surface area contributed by atoms with Gasteiger partial charge in [-0.3, -0.25) is 4.79 Å². The first kappa shape index (κ1) is 12.6. The molecule has 0 atom stereocenters. The molecule has 0 aliphatic carbocycles. The second kappa shape index (κ2) is 4.91. The monoisotopic (exact) mass is 294 g/mol. The van der Waals surface area contributed by atoms with Crippen LogP contribution in [0.5, 0.6) is 0 Å². The molecule has 0 bridgehead atoms. The van der Waals surface area contributed by atoms with Crippen LogP contribution >= 0.6 is 23.2 Å². The molecule has 1 aliphatic heterocycles. The third-order valence-corrected chi connectivity index (χ3v) is 3.93. The first-order valence-electron chi connectivity index (χ1n) is 6.04. The Hall–Kier alpha value is -1.45. The number of nitrogens with one attached hydrogen (secondary N) is 1. The van der Waals surface area contributed by atoms with E-state index in [-0.39, 0.29) is 5.91 Å². The highest BCUT2D eigenvalue weighted by atomic mass is 35.5. The number of amides is 1. The van der Waals surface area contributed by atoms with Gasteiger partial charge in [0.05, 0.1) is 10.6 Å². The zero-order valence-electron chi connectivity index (χ0n) is 10.1. The summed E-state index contributed by atoms with van der Waals surface area (Å²) in [6.07, 6.45) is 2.75. The van der Waals surface area contributed by atoms with E-state index in [1.54, 1.807) is 23.1 Å². The Morgan fingerprint density at radius 3 is 2.95 bits per heavy atom. The third-order valence-electron chi connectivity index (χ3n) is 3.37. The summed E-state index contributed by atoms with van der Waals surface area (Å²) in [5, 5.41) is 0.960. The number of H-pyrrole nitrogens is 1. The summed E-state index contributed by atoms with van der Waals surface area (Å²) in [6.45, 7) is 1.30. The van der Waals surface area contributed by atoms with Crippen molar-refractivity contribution in [3.05, 3.63) is 57.3 Å². The molecule has 1 aromatic carbocycles. The normalized spacial score (nSPS) is 14.3. The van der Waals surface area contributed by atoms with Gasteiger partial charge in [0.25, 0.3) is 5.91 Å². The molecule has 0 radical (unpaired) electrons. The number of nitrogens with zero attached hydrogens (tertiary/aromatic N) is 1. The van der Waals surface area contributed by atoms with Crippen LogP contribution < -0.4 is 0 Å². The lowest BCUT2D eigenvalue weighted by molar-refractivity contribution is 0.0734. The highest BCUT2D eigenvalue weighted by Gasteiger charge is 2.23. The maximum atomic E-state index is 12.5. The lowest BCUT2D eigenvalue weighted by atomic mass is 10.1. The van der Waals surface area contributed by atoms with Crippen LogP contribution in [0.4, 0.5) is 0 Å². The molecule has 3 rings (SSSR count). The number of fused-ring (bicyclic) bond motifs is 1. The van der Waals surface area contributed by atoms with Crippen LogP contribution in [0.1, 0.15) is 21.6 Å². The van der Waals surface area contributed by atoms with E-state index in [4.69, 9.17) is 23.2 Å².